The van der Waals surface area contributed by atoms with Crippen molar-refractivity contribution in [2.24, 2.45) is 7.05 Å². The summed E-state index contributed by atoms with van der Waals surface area (Å²) in [6, 6.07) is 7.64. The fourth-order valence-corrected chi connectivity index (χ4v) is 5.69. The minimum absolute atomic E-state index is 0.140. The van der Waals surface area contributed by atoms with Gasteiger partial charge in [-0.1, -0.05) is 12.1 Å². The van der Waals surface area contributed by atoms with Gasteiger partial charge >= 0.3 is 6.03 Å². The van der Waals surface area contributed by atoms with Crippen LogP contribution in [-0.2, 0) is 13.5 Å². The van der Waals surface area contributed by atoms with Crippen molar-refractivity contribution in [3.05, 3.63) is 35.5 Å². The number of nitrogens with zero attached hydrogens (tertiary/aromatic N) is 3. The molecule has 3 heterocycles. The Morgan fingerprint density at radius 1 is 1.15 bits per heavy atom. The normalized spacial score (nSPS) is 28.2. The molecule has 2 amide bonds. The highest BCUT2D eigenvalue weighted by Crippen LogP contribution is 2.43. The molecule has 0 radical (unpaired) electrons. The van der Waals surface area contributed by atoms with Gasteiger partial charge in [-0.15, -0.1) is 0 Å². The van der Waals surface area contributed by atoms with Gasteiger partial charge in [0.2, 0.25) is 0 Å². The maximum absolute atomic E-state index is 12.7. The van der Waals surface area contributed by atoms with E-state index in [9.17, 15) is 4.79 Å². The second-order valence-corrected chi connectivity index (χ2v) is 8.75. The van der Waals surface area contributed by atoms with Gasteiger partial charge in [0.25, 0.3) is 0 Å². The van der Waals surface area contributed by atoms with Crippen LogP contribution in [0.3, 0.4) is 0 Å². The summed E-state index contributed by atoms with van der Waals surface area (Å²) in [6.45, 7) is 2.76. The van der Waals surface area contributed by atoms with Crippen LogP contribution in [0, 0.1) is 0 Å². The van der Waals surface area contributed by atoms with Gasteiger partial charge in [-0.2, -0.15) is 0 Å². The number of hydrogen-bond donors (Lipinski definition) is 1. The highest BCUT2D eigenvalue weighted by atomic mass is 16.2. The summed E-state index contributed by atoms with van der Waals surface area (Å²) in [6.07, 6.45) is 8.00. The van der Waals surface area contributed by atoms with Crippen LogP contribution < -0.4 is 5.32 Å². The van der Waals surface area contributed by atoms with E-state index in [1.807, 2.05) is 4.90 Å². The molecule has 27 heavy (non-hydrogen) atoms. The van der Waals surface area contributed by atoms with Crippen molar-refractivity contribution >= 4 is 16.9 Å². The van der Waals surface area contributed by atoms with E-state index in [0.29, 0.717) is 12.0 Å². The number of aromatic nitrogens is 1. The number of likely N-dealkylation sites (tertiary alicyclic amines) is 2. The number of hydrogen-bond acceptors (Lipinski definition) is 2. The highest BCUT2D eigenvalue weighted by molar-refractivity contribution is 5.89. The number of rotatable bonds is 1. The van der Waals surface area contributed by atoms with Gasteiger partial charge in [0, 0.05) is 61.8 Å². The van der Waals surface area contributed by atoms with E-state index in [0.717, 1.165) is 45.3 Å². The van der Waals surface area contributed by atoms with Gasteiger partial charge in [0.05, 0.1) is 0 Å². The number of piperidine rings is 2. The zero-order chi connectivity index (χ0) is 18.5. The topological polar surface area (TPSA) is 40.5 Å². The number of likely N-dealkylation sites (N-methyl/N-ethyl adjacent to an activating group) is 1. The van der Waals surface area contributed by atoms with E-state index >= 15 is 0 Å². The van der Waals surface area contributed by atoms with E-state index < -0.39 is 0 Å². The molecule has 144 valence electrons. The summed E-state index contributed by atoms with van der Waals surface area (Å²) < 4.78 is 2.26. The predicted octanol–water partition coefficient (Wildman–Crippen LogP) is 3.09. The summed E-state index contributed by atoms with van der Waals surface area (Å²) in [5, 5.41) is 4.81. The Bertz CT molecular complexity index is 867. The summed E-state index contributed by atoms with van der Waals surface area (Å²) in [7, 11) is 4.38. The Morgan fingerprint density at radius 3 is 2.78 bits per heavy atom. The minimum Gasteiger partial charge on any atom is -0.350 e. The molecule has 1 N–H and O–H groups in total. The molecule has 3 aliphatic rings. The fraction of sp³-hybridized carbons (Fsp3) is 0.591. The SMILES string of the molecule is CN1CC(NC(=O)N2CCCCC2)C[C@@H]2c3cccc4c3c(cn4C)C[C@H]21. The molecular formula is C22H30N4O. The Hall–Kier alpha value is -2.01. The van der Waals surface area contributed by atoms with Crippen molar-refractivity contribution in [3.8, 4) is 0 Å². The van der Waals surface area contributed by atoms with Gasteiger partial charge in [0.1, 0.15) is 0 Å². The monoisotopic (exact) mass is 366 g/mol. The number of carbonyl (C=O) groups is 1. The molecule has 2 fully saturated rings. The molecule has 2 saturated heterocycles. The van der Waals surface area contributed by atoms with Gasteiger partial charge in [-0.3, -0.25) is 0 Å². The number of aryl methyl sites for hydroxylation is 1. The third kappa shape index (κ3) is 2.83. The molecule has 0 spiro atoms. The molecule has 5 rings (SSSR count). The van der Waals surface area contributed by atoms with E-state index in [4.69, 9.17) is 0 Å². The highest BCUT2D eigenvalue weighted by Gasteiger charge is 2.40. The number of urea groups is 1. The van der Waals surface area contributed by atoms with Crippen LogP contribution in [0.5, 0.6) is 0 Å². The smallest absolute Gasteiger partial charge is 0.317 e. The number of carbonyl (C=O) groups excluding carboxylic acids is 1. The van der Waals surface area contributed by atoms with Gasteiger partial charge < -0.3 is 19.7 Å². The van der Waals surface area contributed by atoms with Crippen LogP contribution in [0.4, 0.5) is 4.79 Å². The van der Waals surface area contributed by atoms with Crippen LogP contribution in [0.15, 0.2) is 24.4 Å². The van der Waals surface area contributed by atoms with Crippen molar-refractivity contribution in [1.82, 2.24) is 19.7 Å². The van der Waals surface area contributed by atoms with Crippen LogP contribution in [0.25, 0.3) is 10.9 Å². The van der Waals surface area contributed by atoms with Gasteiger partial charge in [-0.05, 0) is 56.3 Å². The first-order chi connectivity index (χ1) is 13.1. The van der Waals surface area contributed by atoms with E-state index in [-0.39, 0.29) is 12.1 Å². The summed E-state index contributed by atoms with van der Waals surface area (Å²) in [4.78, 5) is 17.2. The van der Waals surface area contributed by atoms with Crippen molar-refractivity contribution in [1.29, 1.82) is 0 Å². The zero-order valence-corrected chi connectivity index (χ0v) is 16.4. The first-order valence-corrected chi connectivity index (χ1v) is 10.4. The van der Waals surface area contributed by atoms with Crippen LogP contribution in [0.1, 0.15) is 42.7 Å². The summed E-state index contributed by atoms with van der Waals surface area (Å²) >= 11 is 0. The largest absolute Gasteiger partial charge is 0.350 e. The average molecular weight is 367 g/mol. The molecule has 3 atom stereocenters. The summed E-state index contributed by atoms with van der Waals surface area (Å²) in [5.74, 6) is 0.494. The van der Waals surface area contributed by atoms with E-state index in [1.54, 1.807) is 0 Å². The standard InChI is InChI=1S/C22H30N4O/c1-24-13-15-11-20-18(17-7-6-8-19(24)21(15)17)12-16(14-25(20)2)23-22(27)26-9-4-3-5-10-26/h6-8,13,16,18,20H,3-5,9-12,14H2,1-2H3,(H,23,27)/t16?,18-,20-/m1/s1. The number of fused-ring (bicyclic) bond motifs is 2. The van der Waals surface area contributed by atoms with Gasteiger partial charge in [0.15, 0.2) is 0 Å². The maximum Gasteiger partial charge on any atom is 0.317 e. The molecular weight excluding hydrogens is 336 g/mol. The average Bonchev–Trinajstić information content (AvgIpc) is 3.00. The number of amides is 2. The molecule has 1 aromatic heterocycles. The molecule has 0 saturated carbocycles. The third-order valence-corrected chi connectivity index (χ3v) is 7.00. The number of nitrogens with one attached hydrogen (secondary N) is 1. The Labute approximate surface area is 161 Å². The quantitative estimate of drug-likeness (QED) is 0.843. The van der Waals surface area contributed by atoms with E-state index in [2.05, 4.69) is 53.3 Å². The lowest BCUT2D eigenvalue weighted by atomic mass is 9.74. The van der Waals surface area contributed by atoms with Crippen LogP contribution in [0.2, 0.25) is 0 Å². The predicted molar refractivity (Wildman–Crippen MR) is 108 cm³/mol. The van der Waals surface area contributed by atoms with E-state index in [1.165, 1.54) is 28.5 Å². The maximum atomic E-state index is 12.7. The molecule has 0 bridgehead atoms. The van der Waals surface area contributed by atoms with Crippen molar-refractivity contribution < 1.29 is 4.79 Å². The van der Waals surface area contributed by atoms with Crippen molar-refractivity contribution in [2.45, 2.75) is 50.1 Å². The van der Waals surface area contributed by atoms with Crippen molar-refractivity contribution in [2.75, 3.05) is 26.7 Å². The molecule has 2 aromatic rings. The molecule has 5 nitrogen and oxygen atoms in total. The second-order valence-electron chi connectivity index (χ2n) is 8.75. The third-order valence-electron chi connectivity index (χ3n) is 7.00. The Kier molecular flexibility index (Phi) is 4.15. The molecule has 2 aliphatic heterocycles. The zero-order valence-electron chi connectivity index (χ0n) is 16.4. The lowest BCUT2D eigenvalue weighted by Crippen LogP contribution is -2.57. The fourth-order valence-electron chi connectivity index (χ4n) is 5.69. The summed E-state index contributed by atoms with van der Waals surface area (Å²) in [5.41, 5.74) is 4.29. The van der Waals surface area contributed by atoms with Crippen LogP contribution in [-0.4, -0.2) is 59.2 Å². The lowest BCUT2D eigenvalue weighted by Gasteiger charge is -2.46. The molecule has 1 unspecified atom stereocenters. The second kappa shape index (κ2) is 6.55. The first-order valence-electron chi connectivity index (χ1n) is 10.4. The first kappa shape index (κ1) is 17.1. The Morgan fingerprint density at radius 2 is 1.96 bits per heavy atom. The molecule has 1 aromatic carbocycles. The van der Waals surface area contributed by atoms with Crippen molar-refractivity contribution in [3.63, 3.8) is 0 Å². The lowest BCUT2D eigenvalue weighted by molar-refractivity contribution is 0.121. The van der Waals surface area contributed by atoms with Crippen LogP contribution >= 0.6 is 0 Å². The molecule has 5 heteroatoms. The Balaban J connectivity index is 1.40. The van der Waals surface area contributed by atoms with Gasteiger partial charge in [-0.25, -0.2) is 4.79 Å². The minimum atomic E-state index is 0.140. The number of benzene rings is 1. The molecule has 1 aliphatic carbocycles.